The number of carboxylic acid groups (broad SMARTS) is 1. The van der Waals surface area contributed by atoms with Crippen LogP contribution >= 0.6 is 23.1 Å². The zero-order valence-electron chi connectivity index (χ0n) is 8.67. The summed E-state index contributed by atoms with van der Waals surface area (Å²) in [5.41, 5.74) is 1.73. The van der Waals surface area contributed by atoms with Gasteiger partial charge >= 0.3 is 5.97 Å². The summed E-state index contributed by atoms with van der Waals surface area (Å²) in [4.78, 5) is 26.6. The number of thiazole rings is 1. The van der Waals surface area contributed by atoms with Crippen LogP contribution in [0.5, 0.6) is 0 Å². The Balaban J connectivity index is 2.32. The first-order valence-corrected chi connectivity index (χ1v) is 6.58. The summed E-state index contributed by atoms with van der Waals surface area (Å²) in [6.07, 6.45) is 1.76. The summed E-state index contributed by atoms with van der Waals surface area (Å²) in [6, 6.07) is -0.824. The fourth-order valence-corrected chi connectivity index (χ4v) is 2.77. The smallest absolute Gasteiger partial charge is 0.327 e. The Bertz CT molecular complexity index is 354. The molecule has 0 spiro atoms. The van der Waals surface area contributed by atoms with E-state index in [-0.39, 0.29) is 5.91 Å². The summed E-state index contributed by atoms with van der Waals surface area (Å²) in [6.45, 7) is 1.31. The highest BCUT2D eigenvalue weighted by atomic mass is 32.2. The van der Waals surface area contributed by atoms with Crippen LogP contribution in [-0.4, -0.2) is 33.8 Å². The number of aromatic nitrogens is 1. The van der Waals surface area contributed by atoms with Crippen molar-refractivity contribution >= 4 is 35.0 Å². The van der Waals surface area contributed by atoms with Gasteiger partial charge < -0.3 is 10.4 Å². The van der Waals surface area contributed by atoms with Gasteiger partial charge in [-0.05, 0) is 0 Å². The Morgan fingerprint density at radius 1 is 1.69 bits per heavy atom. The van der Waals surface area contributed by atoms with Crippen LogP contribution in [0.4, 0.5) is 0 Å². The first-order chi connectivity index (χ1) is 7.59. The van der Waals surface area contributed by atoms with Crippen molar-refractivity contribution in [3.8, 4) is 0 Å². The monoisotopic (exact) mass is 260 g/mol. The summed E-state index contributed by atoms with van der Waals surface area (Å²) < 4.78 is 0. The number of rotatable bonds is 6. The molecular formula is C9H12N2O3S2. The van der Waals surface area contributed by atoms with Crippen molar-refractivity contribution in [1.29, 1.82) is 0 Å². The van der Waals surface area contributed by atoms with Crippen molar-refractivity contribution in [1.82, 2.24) is 10.3 Å². The molecule has 0 radical (unpaired) electrons. The number of thioether (sulfide) groups is 1. The third-order valence-corrected chi connectivity index (χ3v) is 3.73. The van der Waals surface area contributed by atoms with E-state index in [2.05, 4.69) is 10.3 Å². The maximum atomic E-state index is 10.8. The number of carbonyl (C=O) groups is 2. The van der Waals surface area contributed by atoms with E-state index in [9.17, 15) is 9.59 Å². The van der Waals surface area contributed by atoms with Gasteiger partial charge in [0.15, 0.2) is 0 Å². The first-order valence-electron chi connectivity index (χ1n) is 4.54. The number of nitrogens with zero attached hydrogens (tertiary/aromatic N) is 1. The largest absolute Gasteiger partial charge is 0.480 e. The highest BCUT2D eigenvalue weighted by Crippen LogP contribution is 2.16. The molecule has 0 aromatic carbocycles. The van der Waals surface area contributed by atoms with Crippen molar-refractivity contribution in [3.05, 3.63) is 16.6 Å². The lowest BCUT2D eigenvalue weighted by Crippen LogP contribution is -2.41. The van der Waals surface area contributed by atoms with E-state index in [0.717, 1.165) is 4.88 Å². The molecule has 0 fully saturated rings. The molecule has 1 aromatic rings. The minimum Gasteiger partial charge on any atom is -0.480 e. The van der Waals surface area contributed by atoms with Gasteiger partial charge in [0, 0.05) is 29.5 Å². The van der Waals surface area contributed by atoms with Gasteiger partial charge in [-0.3, -0.25) is 9.78 Å². The first kappa shape index (κ1) is 13.0. The molecule has 0 bridgehead atoms. The van der Waals surface area contributed by atoms with E-state index < -0.39 is 12.0 Å². The molecule has 0 aliphatic rings. The molecule has 0 aliphatic heterocycles. The molecule has 0 saturated heterocycles. The summed E-state index contributed by atoms with van der Waals surface area (Å²) in [7, 11) is 0. The molecule has 0 saturated carbocycles. The predicted molar refractivity (Wildman–Crippen MR) is 63.5 cm³/mol. The number of carboxylic acids is 1. The van der Waals surface area contributed by atoms with Crippen LogP contribution in [-0.2, 0) is 15.3 Å². The molecule has 7 heteroatoms. The average Bonchev–Trinajstić information content (AvgIpc) is 2.68. The van der Waals surface area contributed by atoms with E-state index in [1.807, 2.05) is 0 Å². The number of hydrogen-bond acceptors (Lipinski definition) is 5. The van der Waals surface area contributed by atoms with E-state index in [0.29, 0.717) is 11.5 Å². The molecule has 16 heavy (non-hydrogen) atoms. The zero-order valence-corrected chi connectivity index (χ0v) is 10.3. The van der Waals surface area contributed by atoms with Crippen LogP contribution in [0.3, 0.4) is 0 Å². The normalized spacial score (nSPS) is 12.1. The van der Waals surface area contributed by atoms with Gasteiger partial charge in [-0.15, -0.1) is 11.3 Å². The lowest BCUT2D eigenvalue weighted by molar-refractivity contribution is -0.140. The minimum atomic E-state index is -1.01. The van der Waals surface area contributed by atoms with Gasteiger partial charge in [0.2, 0.25) is 5.91 Å². The van der Waals surface area contributed by atoms with Gasteiger partial charge in [-0.25, -0.2) is 4.79 Å². The van der Waals surface area contributed by atoms with Crippen LogP contribution < -0.4 is 5.32 Å². The second-order valence-electron chi connectivity index (χ2n) is 3.07. The maximum Gasteiger partial charge on any atom is 0.327 e. The maximum absolute atomic E-state index is 10.8. The fourth-order valence-electron chi connectivity index (χ4n) is 1.01. The Morgan fingerprint density at radius 2 is 2.44 bits per heavy atom. The topological polar surface area (TPSA) is 79.3 Å². The zero-order chi connectivity index (χ0) is 12.0. The molecule has 2 N–H and O–H groups in total. The lowest BCUT2D eigenvalue weighted by Gasteiger charge is -2.11. The number of aliphatic carboxylic acids is 1. The van der Waals surface area contributed by atoms with Crippen LogP contribution in [0, 0.1) is 0 Å². The quantitative estimate of drug-likeness (QED) is 0.796. The van der Waals surface area contributed by atoms with Gasteiger partial charge in [-0.2, -0.15) is 11.8 Å². The Hall–Kier alpha value is -1.08. The molecule has 1 amide bonds. The summed E-state index contributed by atoms with van der Waals surface area (Å²) >= 11 is 2.99. The molecular weight excluding hydrogens is 248 g/mol. The van der Waals surface area contributed by atoms with Crippen LogP contribution in [0.2, 0.25) is 0 Å². The molecule has 1 aromatic heterocycles. The third-order valence-electron chi connectivity index (χ3n) is 1.69. The lowest BCUT2D eigenvalue weighted by atomic mass is 10.3. The highest BCUT2D eigenvalue weighted by molar-refractivity contribution is 7.98. The van der Waals surface area contributed by atoms with Crippen molar-refractivity contribution in [3.63, 3.8) is 0 Å². The molecule has 0 aliphatic carbocycles. The van der Waals surface area contributed by atoms with Gasteiger partial charge in [0.1, 0.15) is 6.04 Å². The molecule has 1 heterocycles. The van der Waals surface area contributed by atoms with Crippen LogP contribution in [0.15, 0.2) is 11.7 Å². The van der Waals surface area contributed by atoms with Crippen molar-refractivity contribution in [2.24, 2.45) is 0 Å². The Labute approximate surface area is 101 Å². The average molecular weight is 260 g/mol. The number of nitrogens with one attached hydrogen (secondary N) is 1. The fraction of sp³-hybridized carbons (Fsp3) is 0.444. The van der Waals surface area contributed by atoms with Gasteiger partial charge in [0.05, 0.1) is 5.51 Å². The third kappa shape index (κ3) is 4.63. The molecule has 88 valence electrons. The molecule has 5 nitrogen and oxygen atoms in total. The second kappa shape index (κ2) is 6.49. The number of hydrogen-bond donors (Lipinski definition) is 2. The van der Waals surface area contributed by atoms with E-state index in [4.69, 9.17) is 5.11 Å². The van der Waals surface area contributed by atoms with Gasteiger partial charge in [-0.1, -0.05) is 0 Å². The SMILES string of the molecule is CC(=O)NC(CSCc1cncs1)C(=O)O. The van der Waals surface area contributed by atoms with Crippen molar-refractivity contribution < 1.29 is 14.7 Å². The van der Waals surface area contributed by atoms with E-state index in [1.165, 1.54) is 30.0 Å². The number of amides is 1. The van der Waals surface area contributed by atoms with E-state index >= 15 is 0 Å². The van der Waals surface area contributed by atoms with E-state index in [1.54, 1.807) is 11.7 Å². The summed E-state index contributed by atoms with van der Waals surface area (Å²) in [5, 5.41) is 11.2. The van der Waals surface area contributed by atoms with Gasteiger partial charge in [0.25, 0.3) is 0 Å². The van der Waals surface area contributed by atoms with Crippen LogP contribution in [0.25, 0.3) is 0 Å². The Morgan fingerprint density at radius 3 is 2.94 bits per heavy atom. The second-order valence-corrected chi connectivity index (χ2v) is 5.08. The molecule has 1 rings (SSSR count). The minimum absolute atomic E-state index is 0.328. The molecule has 1 atom stereocenters. The Kier molecular flexibility index (Phi) is 5.27. The standard InChI is InChI=1S/C9H12N2O3S2/c1-6(12)11-8(9(13)14)4-15-3-7-2-10-5-16-7/h2,5,8H,3-4H2,1H3,(H,11,12)(H,13,14). The van der Waals surface area contributed by atoms with Crippen molar-refractivity contribution in [2.45, 2.75) is 18.7 Å². The predicted octanol–water partition coefficient (Wildman–Crippen LogP) is 0.966. The van der Waals surface area contributed by atoms with Crippen LogP contribution in [0.1, 0.15) is 11.8 Å². The highest BCUT2D eigenvalue weighted by Gasteiger charge is 2.17. The number of carbonyl (C=O) groups excluding carboxylic acids is 1. The van der Waals surface area contributed by atoms with Crippen molar-refractivity contribution in [2.75, 3.05) is 5.75 Å². The summed E-state index contributed by atoms with van der Waals surface area (Å²) in [5.74, 6) is -0.265. The molecule has 1 unspecified atom stereocenters.